The van der Waals surface area contributed by atoms with Crippen LogP contribution in [-0.2, 0) is 16.0 Å². The number of piperazine rings is 1. The molecule has 1 aliphatic carbocycles. The molecule has 0 N–H and O–H groups in total. The second-order valence-corrected chi connectivity index (χ2v) is 15.1. The van der Waals surface area contributed by atoms with Crippen LogP contribution in [0.5, 0.6) is 5.88 Å². The predicted octanol–water partition coefficient (Wildman–Crippen LogP) is 5.71. The van der Waals surface area contributed by atoms with Crippen molar-refractivity contribution in [2.45, 2.75) is 96.7 Å². The topological polar surface area (TPSA) is 108 Å². The number of pyridine rings is 1. The van der Waals surface area contributed by atoms with E-state index < -0.39 is 17.3 Å². The summed E-state index contributed by atoms with van der Waals surface area (Å²) in [6, 6.07) is 7.29. The molecular formula is C38H51FN6O5. The summed E-state index contributed by atoms with van der Waals surface area (Å²) in [5, 5.41) is 0. The number of hydrogen-bond acceptors (Lipinski definition) is 7. The van der Waals surface area contributed by atoms with Crippen molar-refractivity contribution in [3.8, 4) is 5.88 Å². The Hall–Kier alpha value is -4.06. The minimum atomic E-state index is -0.574. The Balaban J connectivity index is 1.13. The van der Waals surface area contributed by atoms with Crippen molar-refractivity contribution >= 4 is 29.4 Å². The summed E-state index contributed by atoms with van der Waals surface area (Å²) in [5.74, 6) is 0.362. The zero-order valence-corrected chi connectivity index (χ0v) is 29.9. The molecule has 0 unspecified atom stereocenters. The van der Waals surface area contributed by atoms with Crippen LogP contribution in [-0.4, -0.2) is 107 Å². The fraction of sp³-hybridized carbons (Fsp3) is 0.605. The molecule has 12 heteroatoms. The number of carbonyl (C=O) groups excluding carboxylic acids is 3. The summed E-state index contributed by atoms with van der Waals surface area (Å²) in [7, 11) is 0. The number of carbonyl (C=O) groups is 3. The van der Waals surface area contributed by atoms with Gasteiger partial charge in [0.2, 0.25) is 11.8 Å². The van der Waals surface area contributed by atoms with Crippen LogP contribution in [0.1, 0.15) is 88.6 Å². The van der Waals surface area contributed by atoms with Crippen LogP contribution in [0, 0.1) is 11.7 Å². The molecule has 6 rings (SSSR count). The highest BCUT2D eigenvalue weighted by molar-refractivity contribution is 6.12. The second kappa shape index (κ2) is 15.4. The molecule has 0 bridgehead atoms. The van der Waals surface area contributed by atoms with E-state index in [0.717, 1.165) is 43.7 Å². The van der Waals surface area contributed by atoms with E-state index in [0.29, 0.717) is 62.8 Å². The van der Waals surface area contributed by atoms with Crippen molar-refractivity contribution in [2.75, 3.05) is 50.8 Å². The molecule has 1 atom stereocenters. The number of amides is 3. The molecule has 4 heterocycles. The number of fused-ring (bicyclic) bond motifs is 1. The lowest BCUT2D eigenvalue weighted by Crippen LogP contribution is -2.57. The maximum atomic E-state index is 13.7. The number of piperidine rings is 1. The van der Waals surface area contributed by atoms with Crippen molar-refractivity contribution in [2.24, 2.45) is 10.9 Å². The predicted molar refractivity (Wildman–Crippen MR) is 189 cm³/mol. The lowest BCUT2D eigenvalue weighted by molar-refractivity contribution is -0.139. The van der Waals surface area contributed by atoms with Crippen LogP contribution in [0.15, 0.2) is 41.5 Å². The van der Waals surface area contributed by atoms with Gasteiger partial charge in [0.15, 0.2) is 0 Å². The third-order valence-corrected chi connectivity index (χ3v) is 10.2. The van der Waals surface area contributed by atoms with Crippen molar-refractivity contribution in [1.82, 2.24) is 19.7 Å². The van der Waals surface area contributed by atoms with E-state index in [1.54, 1.807) is 4.90 Å². The van der Waals surface area contributed by atoms with Crippen molar-refractivity contribution < 1.29 is 28.2 Å². The van der Waals surface area contributed by atoms with Crippen LogP contribution in [0.2, 0.25) is 0 Å². The fourth-order valence-electron chi connectivity index (χ4n) is 7.61. The lowest BCUT2D eigenvalue weighted by Gasteiger charge is -2.42. The van der Waals surface area contributed by atoms with E-state index in [-0.39, 0.29) is 30.0 Å². The number of likely N-dealkylation sites (tertiary alicyclic amines) is 1. The number of benzene rings is 1. The highest BCUT2D eigenvalue weighted by Gasteiger charge is 2.39. The van der Waals surface area contributed by atoms with Crippen LogP contribution >= 0.6 is 0 Å². The van der Waals surface area contributed by atoms with Crippen molar-refractivity contribution in [3.63, 3.8) is 0 Å². The largest absolute Gasteiger partial charge is 0.476 e. The average molecular weight is 691 g/mol. The summed E-state index contributed by atoms with van der Waals surface area (Å²) < 4.78 is 25.3. The lowest BCUT2D eigenvalue weighted by atomic mass is 9.84. The zero-order chi connectivity index (χ0) is 35.4. The molecule has 3 aliphatic heterocycles. The van der Waals surface area contributed by atoms with Gasteiger partial charge in [0.25, 0.3) is 5.91 Å². The summed E-state index contributed by atoms with van der Waals surface area (Å²) in [4.78, 5) is 57.1. The molecule has 0 spiro atoms. The van der Waals surface area contributed by atoms with Gasteiger partial charge in [-0.15, -0.1) is 0 Å². The van der Waals surface area contributed by atoms with Gasteiger partial charge >= 0.3 is 6.09 Å². The molecule has 2 aromatic rings. The molecule has 50 heavy (non-hydrogen) atoms. The Kier molecular flexibility index (Phi) is 11.0. The number of halogens is 1. The quantitative estimate of drug-likeness (QED) is 0.364. The van der Waals surface area contributed by atoms with Crippen molar-refractivity contribution in [1.29, 1.82) is 0 Å². The van der Waals surface area contributed by atoms with E-state index in [1.807, 2.05) is 44.9 Å². The Bertz CT molecular complexity index is 1560. The normalized spacial score (nSPS) is 23.9. The number of anilines is 1. The number of aromatic nitrogens is 1. The number of rotatable bonds is 7. The monoisotopic (exact) mass is 690 g/mol. The Labute approximate surface area is 294 Å². The first-order valence-electron chi connectivity index (χ1n) is 18.2. The highest BCUT2D eigenvalue weighted by Crippen LogP contribution is 2.39. The number of ether oxygens (including phenoxy) is 2. The molecule has 270 valence electrons. The summed E-state index contributed by atoms with van der Waals surface area (Å²) in [6.07, 6.45) is 8.57. The average Bonchev–Trinajstić information content (AvgIpc) is 3.44. The molecule has 3 fully saturated rings. The van der Waals surface area contributed by atoms with Crippen LogP contribution in [0.4, 0.5) is 14.9 Å². The van der Waals surface area contributed by atoms with Crippen LogP contribution in [0.3, 0.4) is 0 Å². The molecule has 2 saturated heterocycles. The second-order valence-electron chi connectivity index (χ2n) is 15.1. The molecule has 0 radical (unpaired) electrons. The van der Waals surface area contributed by atoms with Gasteiger partial charge in [-0.05, 0) is 104 Å². The van der Waals surface area contributed by atoms with Gasteiger partial charge in [0, 0.05) is 74.0 Å². The standard InChI is InChI=1S/C38H51FN6O5/c1-26-25-43(18-19-44(26)37(48)50-38(2,3)4)36(47)28-10-14-31(15-11-28)45-32-23-34(49-21-20-42-16-6-5-7-17-42)40-24-29(32)22-33(45)41-35(46)27-8-12-30(39)13-9-27/h8-9,12-13,23-24,26,28,31H,5-7,10-11,14-22,25H2,1-4H3/t26-,28?,31?/m0/s1. The van der Waals surface area contributed by atoms with E-state index in [4.69, 9.17) is 9.47 Å². The SMILES string of the molecule is C[C@H]1CN(C(=O)C2CCC(N3C(=NC(=O)c4ccc(F)cc4)Cc4cnc(OCCN5CCCCC5)cc43)CC2)CCN1C(=O)OC(C)(C)C. The minimum Gasteiger partial charge on any atom is -0.476 e. The molecule has 1 aromatic heterocycles. The molecule has 1 saturated carbocycles. The molecule has 11 nitrogen and oxygen atoms in total. The maximum Gasteiger partial charge on any atom is 0.410 e. The highest BCUT2D eigenvalue weighted by atomic mass is 19.1. The van der Waals surface area contributed by atoms with E-state index >= 15 is 0 Å². The first kappa shape index (κ1) is 35.8. The Morgan fingerprint density at radius 1 is 0.980 bits per heavy atom. The van der Waals surface area contributed by atoms with E-state index in [9.17, 15) is 18.8 Å². The number of hydrogen-bond donors (Lipinski definition) is 0. The molecule has 1 aromatic carbocycles. The van der Waals surface area contributed by atoms with Gasteiger partial charge in [-0.25, -0.2) is 14.2 Å². The van der Waals surface area contributed by atoms with Crippen LogP contribution < -0.4 is 9.64 Å². The third-order valence-electron chi connectivity index (χ3n) is 10.2. The third kappa shape index (κ3) is 8.62. The number of nitrogens with zero attached hydrogens (tertiary/aromatic N) is 6. The first-order chi connectivity index (χ1) is 23.9. The molecular weight excluding hydrogens is 639 g/mol. The number of amidine groups is 1. The summed E-state index contributed by atoms with van der Waals surface area (Å²) in [6.45, 7) is 12.5. The molecule has 4 aliphatic rings. The minimum absolute atomic E-state index is 0.0339. The van der Waals surface area contributed by atoms with Crippen molar-refractivity contribution in [3.05, 3.63) is 53.5 Å². The van der Waals surface area contributed by atoms with Gasteiger partial charge in [0.1, 0.15) is 23.9 Å². The van der Waals surface area contributed by atoms with Gasteiger partial charge < -0.3 is 24.2 Å². The van der Waals surface area contributed by atoms with Gasteiger partial charge in [-0.1, -0.05) is 6.42 Å². The van der Waals surface area contributed by atoms with E-state index in [1.165, 1.54) is 43.5 Å². The summed E-state index contributed by atoms with van der Waals surface area (Å²) >= 11 is 0. The molecule has 3 amide bonds. The van der Waals surface area contributed by atoms with Gasteiger partial charge in [-0.3, -0.25) is 14.5 Å². The summed E-state index contributed by atoms with van der Waals surface area (Å²) in [5.41, 5.74) is 1.65. The van der Waals surface area contributed by atoms with Gasteiger partial charge in [0.05, 0.1) is 5.69 Å². The van der Waals surface area contributed by atoms with Crippen LogP contribution in [0.25, 0.3) is 0 Å². The van der Waals surface area contributed by atoms with Gasteiger partial charge in [-0.2, -0.15) is 4.99 Å². The fourth-order valence-corrected chi connectivity index (χ4v) is 7.61. The maximum absolute atomic E-state index is 13.7. The first-order valence-corrected chi connectivity index (χ1v) is 18.2. The Morgan fingerprint density at radius 2 is 1.70 bits per heavy atom. The Morgan fingerprint density at radius 3 is 2.38 bits per heavy atom. The zero-order valence-electron chi connectivity index (χ0n) is 29.9. The number of aliphatic imine (C=N–C) groups is 1. The van der Waals surface area contributed by atoms with E-state index in [2.05, 4.69) is 19.8 Å². The smallest absolute Gasteiger partial charge is 0.410 e.